The molecule has 0 N–H and O–H groups in total. The molecule has 0 saturated carbocycles. The number of alkyl halides is 1. The Balaban J connectivity index is 2.43. The van der Waals surface area contributed by atoms with Crippen LogP contribution in [0.1, 0.15) is 23.1 Å². The first-order valence-corrected chi connectivity index (χ1v) is 8.57. The average molecular weight is 318 g/mol. The lowest BCUT2D eigenvalue weighted by Crippen LogP contribution is -2.37. The van der Waals surface area contributed by atoms with Crippen molar-refractivity contribution in [1.29, 1.82) is 0 Å². The van der Waals surface area contributed by atoms with Gasteiger partial charge in [-0.15, -0.1) is 11.6 Å². The largest absolute Gasteiger partial charge is 0.380 e. The predicted molar refractivity (Wildman–Crippen MR) is 79.6 cm³/mol. The first-order chi connectivity index (χ1) is 9.37. The molecule has 1 saturated heterocycles. The normalized spacial score (nSPS) is 19.8. The Morgan fingerprint density at radius 3 is 2.60 bits per heavy atom. The van der Waals surface area contributed by atoms with E-state index in [1.807, 2.05) is 19.9 Å². The van der Waals surface area contributed by atoms with Gasteiger partial charge >= 0.3 is 0 Å². The molecule has 112 valence electrons. The van der Waals surface area contributed by atoms with Crippen LogP contribution in [0.4, 0.5) is 0 Å². The second-order valence-corrected chi connectivity index (χ2v) is 7.45. The van der Waals surface area contributed by atoms with E-state index in [9.17, 15) is 8.42 Å². The van der Waals surface area contributed by atoms with Gasteiger partial charge in [0.1, 0.15) is 0 Å². The summed E-state index contributed by atoms with van der Waals surface area (Å²) in [4.78, 5) is 0.341. The topological polar surface area (TPSA) is 46.6 Å². The van der Waals surface area contributed by atoms with Crippen LogP contribution >= 0.6 is 11.6 Å². The van der Waals surface area contributed by atoms with Crippen LogP contribution in [0.3, 0.4) is 0 Å². The second kappa shape index (κ2) is 6.02. The number of hydrogen-bond donors (Lipinski definition) is 0. The number of rotatable bonds is 4. The third-order valence-electron chi connectivity index (χ3n) is 3.85. The second-order valence-electron chi connectivity index (χ2n) is 5.22. The van der Waals surface area contributed by atoms with Gasteiger partial charge in [0.15, 0.2) is 0 Å². The average Bonchev–Trinajstić information content (AvgIpc) is 2.91. The zero-order chi connectivity index (χ0) is 14.9. The smallest absolute Gasteiger partial charge is 0.243 e. The zero-order valence-electron chi connectivity index (χ0n) is 12.0. The highest BCUT2D eigenvalue weighted by molar-refractivity contribution is 7.89. The van der Waals surface area contributed by atoms with Crippen molar-refractivity contribution in [3.05, 3.63) is 28.8 Å². The van der Waals surface area contributed by atoms with Gasteiger partial charge in [0, 0.05) is 19.5 Å². The van der Waals surface area contributed by atoms with E-state index in [2.05, 4.69) is 0 Å². The number of benzene rings is 1. The van der Waals surface area contributed by atoms with Crippen LogP contribution in [0.25, 0.3) is 0 Å². The van der Waals surface area contributed by atoms with Gasteiger partial charge in [-0.1, -0.05) is 6.07 Å². The van der Waals surface area contributed by atoms with E-state index < -0.39 is 10.0 Å². The van der Waals surface area contributed by atoms with E-state index >= 15 is 0 Å². The summed E-state index contributed by atoms with van der Waals surface area (Å²) in [7, 11) is -1.89. The number of hydrogen-bond acceptors (Lipinski definition) is 3. The van der Waals surface area contributed by atoms with Crippen molar-refractivity contribution in [2.24, 2.45) is 0 Å². The number of aryl methyl sites for hydroxylation is 2. The summed E-state index contributed by atoms with van der Waals surface area (Å²) in [5.74, 6) is 0.310. The highest BCUT2D eigenvalue weighted by Crippen LogP contribution is 2.26. The van der Waals surface area contributed by atoms with Gasteiger partial charge in [-0.05, 0) is 43.0 Å². The fourth-order valence-corrected chi connectivity index (χ4v) is 4.37. The fraction of sp³-hybridized carbons (Fsp3) is 0.571. The van der Waals surface area contributed by atoms with Gasteiger partial charge in [-0.3, -0.25) is 0 Å². The molecule has 0 bridgehead atoms. The van der Waals surface area contributed by atoms with E-state index in [1.165, 1.54) is 4.31 Å². The van der Waals surface area contributed by atoms with Crippen molar-refractivity contribution in [2.45, 2.75) is 37.1 Å². The number of ether oxygens (including phenoxy) is 1. The molecular weight excluding hydrogens is 298 g/mol. The molecule has 6 heteroatoms. The summed E-state index contributed by atoms with van der Waals surface area (Å²) < 4.78 is 32.2. The summed E-state index contributed by atoms with van der Waals surface area (Å²) in [5.41, 5.74) is 2.62. The molecule has 1 aliphatic heterocycles. The van der Waals surface area contributed by atoms with Crippen molar-refractivity contribution in [1.82, 2.24) is 4.31 Å². The van der Waals surface area contributed by atoms with E-state index in [-0.39, 0.29) is 6.04 Å². The molecule has 1 fully saturated rings. The third-order valence-corrected chi connectivity index (χ3v) is 6.19. The Bertz CT molecular complexity index is 595. The Morgan fingerprint density at radius 1 is 1.35 bits per heavy atom. The maximum absolute atomic E-state index is 12.7. The SMILES string of the molecule is Cc1cc(C)c(S(=O)(=O)N(C)C2CCOC2)cc1CCl. The maximum Gasteiger partial charge on any atom is 0.243 e. The van der Waals surface area contributed by atoms with Gasteiger partial charge in [0.25, 0.3) is 0 Å². The molecule has 0 radical (unpaired) electrons. The molecule has 0 aliphatic carbocycles. The molecular formula is C14H20ClNO3S. The number of halogens is 1. The minimum atomic E-state index is -3.51. The van der Waals surface area contributed by atoms with Crippen molar-refractivity contribution in [3.8, 4) is 0 Å². The van der Waals surface area contributed by atoms with Crippen LogP contribution in [-0.2, 0) is 20.6 Å². The highest BCUT2D eigenvalue weighted by Gasteiger charge is 2.31. The van der Waals surface area contributed by atoms with Gasteiger partial charge in [-0.2, -0.15) is 4.31 Å². The lowest BCUT2D eigenvalue weighted by Gasteiger charge is -2.24. The molecule has 0 amide bonds. The molecule has 20 heavy (non-hydrogen) atoms. The van der Waals surface area contributed by atoms with Crippen LogP contribution in [0, 0.1) is 13.8 Å². The van der Waals surface area contributed by atoms with Crippen molar-refractivity contribution >= 4 is 21.6 Å². The van der Waals surface area contributed by atoms with Crippen LogP contribution in [0.2, 0.25) is 0 Å². The minimum Gasteiger partial charge on any atom is -0.380 e. The van der Waals surface area contributed by atoms with Gasteiger partial charge in [0.05, 0.1) is 17.5 Å². The monoisotopic (exact) mass is 317 g/mol. The van der Waals surface area contributed by atoms with E-state index in [4.69, 9.17) is 16.3 Å². The van der Waals surface area contributed by atoms with Gasteiger partial charge in [-0.25, -0.2) is 8.42 Å². The van der Waals surface area contributed by atoms with Gasteiger partial charge < -0.3 is 4.74 Å². The van der Waals surface area contributed by atoms with Crippen LogP contribution in [-0.4, -0.2) is 39.0 Å². The Hall–Kier alpha value is -0.620. The summed E-state index contributed by atoms with van der Waals surface area (Å²) >= 11 is 5.88. The number of likely N-dealkylation sites (N-methyl/N-ethyl adjacent to an activating group) is 1. The van der Waals surface area contributed by atoms with Crippen molar-refractivity contribution < 1.29 is 13.2 Å². The number of nitrogens with zero attached hydrogens (tertiary/aromatic N) is 1. The Labute approximate surface area is 125 Å². The fourth-order valence-electron chi connectivity index (χ4n) is 2.46. The molecule has 2 rings (SSSR count). The summed E-state index contributed by atoms with van der Waals surface area (Å²) in [6.07, 6.45) is 0.739. The van der Waals surface area contributed by atoms with E-state index in [0.717, 1.165) is 23.1 Å². The molecule has 1 aliphatic rings. The lowest BCUT2D eigenvalue weighted by molar-refractivity contribution is 0.181. The van der Waals surface area contributed by atoms with Crippen LogP contribution in [0.5, 0.6) is 0 Å². The maximum atomic E-state index is 12.7. The minimum absolute atomic E-state index is 0.0832. The molecule has 0 spiro atoms. The predicted octanol–water partition coefficient (Wildman–Crippen LogP) is 2.45. The summed E-state index contributed by atoms with van der Waals surface area (Å²) in [6, 6.07) is 3.49. The summed E-state index contributed by atoms with van der Waals surface area (Å²) in [5, 5.41) is 0. The molecule has 4 nitrogen and oxygen atoms in total. The number of sulfonamides is 1. The van der Waals surface area contributed by atoms with E-state index in [0.29, 0.717) is 24.0 Å². The third kappa shape index (κ3) is 2.86. The van der Waals surface area contributed by atoms with E-state index in [1.54, 1.807) is 13.1 Å². The first kappa shape index (κ1) is 15.8. The zero-order valence-corrected chi connectivity index (χ0v) is 13.6. The first-order valence-electron chi connectivity index (χ1n) is 6.59. The van der Waals surface area contributed by atoms with Crippen LogP contribution < -0.4 is 0 Å². The quantitative estimate of drug-likeness (QED) is 0.801. The summed E-state index contributed by atoms with van der Waals surface area (Å²) in [6.45, 7) is 4.83. The lowest BCUT2D eigenvalue weighted by atomic mass is 10.1. The molecule has 1 unspecified atom stereocenters. The molecule has 1 aromatic rings. The van der Waals surface area contributed by atoms with Crippen molar-refractivity contribution in [2.75, 3.05) is 20.3 Å². The van der Waals surface area contributed by atoms with Crippen molar-refractivity contribution in [3.63, 3.8) is 0 Å². The molecule has 0 aromatic heterocycles. The molecule has 1 heterocycles. The standard InChI is InChI=1S/C14H20ClNO3S/c1-10-6-11(2)14(7-12(10)8-15)20(17,18)16(3)13-4-5-19-9-13/h6-7,13H,4-5,8-9H2,1-3H3. The molecule has 1 aromatic carbocycles. The highest BCUT2D eigenvalue weighted by atomic mass is 35.5. The van der Waals surface area contributed by atoms with Gasteiger partial charge in [0.2, 0.25) is 10.0 Å². The van der Waals surface area contributed by atoms with Crippen LogP contribution in [0.15, 0.2) is 17.0 Å². The molecule has 1 atom stereocenters. The Morgan fingerprint density at radius 2 is 2.05 bits per heavy atom. The Kier molecular flexibility index (Phi) is 4.74.